The molecule has 0 bridgehead atoms. The van der Waals surface area contributed by atoms with Crippen molar-refractivity contribution in [3.63, 3.8) is 0 Å². The molecule has 0 aliphatic rings. The summed E-state index contributed by atoms with van der Waals surface area (Å²) in [5.74, 6) is 0.213. The van der Waals surface area contributed by atoms with Crippen LogP contribution in [0.25, 0.3) is 23.0 Å². The van der Waals surface area contributed by atoms with Crippen LogP contribution in [0.2, 0.25) is 0 Å². The molecule has 20 nitrogen and oxygen atoms in total. The number of benzene rings is 4. The molecular formula is C56H80N6O14S. The van der Waals surface area contributed by atoms with E-state index in [4.69, 9.17) is 68.7 Å². The number of hydroxylamine groups is 2. The van der Waals surface area contributed by atoms with Crippen molar-refractivity contribution in [3.05, 3.63) is 106 Å². The summed E-state index contributed by atoms with van der Waals surface area (Å²) in [4.78, 5) is 24.4. The molecule has 4 aromatic carbocycles. The third kappa shape index (κ3) is 16.9. The van der Waals surface area contributed by atoms with Gasteiger partial charge in [-0.1, -0.05) is 24.3 Å². The Bertz CT molecular complexity index is 2720. The monoisotopic (exact) mass is 1090 g/mol. The maximum absolute atomic E-state index is 15.6. The van der Waals surface area contributed by atoms with E-state index in [0.29, 0.717) is 22.6 Å². The average molecular weight is 1090 g/mol. The molecule has 0 fully saturated rings. The van der Waals surface area contributed by atoms with Gasteiger partial charge < -0.3 is 59.0 Å². The van der Waals surface area contributed by atoms with Gasteiger partial charge >= 0.3 is 0 Å². The second kappa shape index (κ2) is 25.7. The van der Waals surface area contributed by atoms with Crippen LogP contribution in [0.4, 0.5) is 11.4 Å². The minimum absolute atomic E-state index is 0.133. The Morgan fingerprint density at radius 3 is 1.01 bits per heavy atom. The predicted molar refractivity (Wildman–Crippen MR) is 302 cm³/mol. The van der Waals surface area contributed by atoms with Crippen LogP contribution in [-0.4, -0.2) is 99.6 Å². The zero-order valence-electron chi connectivity index (χ0n) is 48.4. The fourth-order valence-corrected chi connectivity index (χ4v) is 8.97. The zero-order chi connectivity index (χ0) is 57.8. The number of methoxy groups -OCH3 is 8. The Balaban J connectivity index is 2.23. The Labute approximate surface area is 455 Å². The summed E-state index contributed by atoms with van der Waals surface area (Å²) < 4.78 is 79.3. The summed E-state index contributed by atoms with van der Waals surface area (Å²) in [6.45, 7) is 21.7. The van der Waals surface area contributed by atoms with E-state index in [1.807, 2.05) is 41.5 Å². The summed E-state index contributed by atoms with van der Waals surface area (Å²) >= 11 is 0. The molecule has 0 aromatic heterocycles. The van der Waals surface area contributed by atoms with Crippen molar-refractivity contribution >= 4 is 56.2 Å². The molecule has 21 heteroatoms. The molecular weight excluding hydrogens is 1010 g/mol. The number of anilines is 2. The van der Waals surface area contributed by atoms with Gasteiger partial charge in [0.05, 0.1) is 90.7 Å². The minimum Gasteiger partial charge on any atom is -0.496 e. The highest BCUT2D eigenvalue weighted by Crippen LogP contribution is 2.44. The fraction of sp³-hybridized carbons (Fsp3) is 0.464. The molecule has 4 rings (SSSR count). The van der Waals surface area contributed by atoms with Crippen LogP contribution in [0.15, 0.2) is 83.1 Å². The summed E-state index contributed by atoms with van der Waals surface area (Å²) in [6.07, 6.45) is 0. The lowest BCUT2D eigenvalue weighted by Crippen LogP contribution is -2.43. The van der Waals surface area contributed by atoms with Gasteiger partial charge in [-0.25, -0.2) is 8.42 Å². The highest BCUT2D eigenvalue weighted by Gasteiger charge is 2.33. The van der Waals surface area contributed by atoms with Crippen molar-refractivity contribution in [1.82, 2.24) is 0 Å². The van der Waals surface area contributed by atoms with E-state index in [9.17, 15) is 0 Å². The maximum Gasteiger partial charge on any atom is 0.262 e. The number of sulfone groups is 1. The van der Waals surface area contributed by atoms with E-state index in [1.165, 1.54) is 67.0 Å². The van der Waals surface area contributed by atoms with Gasteiger partial charge in [-0.05, 0) is 153 Å². The van der Waals surface area contributed by atoms with Gasteiger partial charge in [0.2, 0.25) is 0 Å². The van der Waals surface area contributed by atoms with Crippen molar-refractivity contribution in [3.8, 4) is 23.0 Å². The largest absolute Gasteiger partial charge is 0.496 e. The molecule has 4 N–H and O–H groups in total. The van der Waals surface area contributed by atoms with Crippen molar-refractivity contribution in [2.75, 3.05) is 67.0 Å². The van der Waals surface area contributed by atoms with E-state index < -0.39 is 43.7 Å². The first-order valence-corrected chi connectivity index (χ1v) is 26.3. The highest BCUT2D eigenvalue weighted by molar-refractivity contribution is 7.89. The molecule has 77 heavy (non-hydrogen) atoms. The third-order valence-corrected chi connectivity index (χ3v) is 11.9. The Kier molecular flexibility index (Phi) is 20.8. The number of oxime groups is 2. The first kappa shape index (κ1) is 62.3. The van der Waals surface area contributed by atoms with E-state index in [1.54, 1.807) is 114 Å². The summed E-state index contributed by atoms with van der Waals surface area (Å²) in [6, 6.07) is 20.7. The van der Waals surface area contributed by atoms with E-state index in [-0.39, 0.29) is 80.1 Å². The highest BCUT2D eigenvalue weighted by atomic mass is 32.2. The van der Waals surface area contributed by atoms with Crippen LogP contribution in [-0.2, 0) is 59.6 Å². The Morgan fingerprint density at radius 1 is 0.442 bits per heavy atom. The molecule has 0 saturated carbocycles. The maximum atomic E-state index is 15.6. The number of nitrogens with two attached hydrogens (primary N) is 2. The minimum atomic E-state index is -4.39. The predicted octanol–water partition coefficient (Wildman–Crippen LogP) is 10.2. The van der Waals surface area contributed by atoms with Crippen LogP contribution in [0.1, 0.15) is 116 Å². The summed E-state index contributed by atoms with van der Waals surface area (Å²) in [5, 5.41) is 10.9. The van der Waals surface area contributed by atoms with E-state index >= 15 is 8.42 Å². The molecule has 0 amide bonds. The molecule has 424 valence electrons. The first-order chi connectivity index (χ1) is 35.9. The SMILES string of the molecule is COC(=C(OC)c1ccccc1OC)c1cc(OC)c(N(OC(C)(C)C)C(N)=NOC(C)(C)C)cc1CS(=O)(=O)Cc1cc(N(OC(C)(C)C)C(N)=NOC(C)(C)C)c(OC)cc1C(OC)=C(OC)c1ccccc1OC. The number of ether oxygens (including phenoxy) is 8. The number of hydrogen-bond acceptors (Lipinski definition) is 16. The Hall–Kier alpha value is -7.23. The van der Waals surface area contributed by atoms with Crippen LogP contribution in [0.5, 0.6) is 23.0 Å². The number of nitrogens with zero attached hydrogens (tertiary/aromatic N) is 4. The quantitative estimate of drug-likeness (QED) is 0.0245. The van der Waals surface area contributed by atoms with Crippen LogP contribution in [0, 0.1) is 0 Å². The van der Waals surface area contributed by atoms with Crippen molar-refractivity contribution in [2.45, 2.75) is 117 Å². The van der Waals surface area contributed by atoms with Crippen LogP contribution in [0.3, 0.4) is 0 Å². The molecule has 0 atom stereocenters. The summed E-state index contributed by atoms with van der Waals surface area (Å²) in [7, 11) is 7.38. The van der Waals surface area contributed by atoms with Gasteiger partial charge in [-0.15, -0.1) is 0 Å². The van der Waals surface area contributed by atoms with Gasteiger partial charge in [-0.3, -0.25) is 9.68 Å². The first-order valence-electron chi connectivity index (χ1n) is 24.4. The third-order valence-electron chi connectivity index (χ3n) is 10.4. The molecule has 0 saturated heterocycles. The fourth-order valence-electron chi connectivity index (χ4n) is 7.45. The number of guanidine groups is 2. The smallest absolute Gasteiger partial charge is 0.262 e. The topological polar surface area (TPSA) is 228 Å². The molecule has 0 aliphatic carbocycles. The van der Waals surface area contributed by atoms with Crippen LogP contribution < -0.4 is 40.5 Å². The van der Waals surface area contributed by atoms with E-state index in [2.05, 4.69) is 10.3 Å². The molecule has 0 spiro atoms. The Morgan fingerprint density at radius 2 is 0.740 bits per heavy atom. The standard InChI is InChI=1S/C56H80N6O14S/c1-53(2,3)73-59-51(57)61(75-55(7,8)9)41-29-35(39(31-45(41)67-15)49(71-19)47(69-17)37-25-21-23-27-43(37)65-13)33-77(63,64)34-36-30-42(62(76-56(10,11)12)52(58)60-74-54(4,5)6)46(68-16)32-40(36)50(72-20)48(70-18)38-26-22-24-28-44(38)66-14/h21-32H,33-34H2,1-20H3,(H2,57,59)(H2,58,60). The van der Waals surface area contributed by atoms with Gasteiger partial charge in [0, 0.05) is 11.1 Å². The van der Waals surface area contributed by atoms with Gasteiger partial charge in [0.15, 0.2) is 32.9 Å². The van der Waals surface area contributed by atoms with Crippen LogP contribution >= 0.6 is 0 Å². The molecule has 0 heterocycles. The lowest BCUT2D eigenvalue weighted by Gasteiger charge is -2.32. The van der Waals surface area contributed by atoms with Crippen molar-refractivity contribution in [1.29, 1.82) is 0 Å². The lowest BCUT2D eigenvalue weighted by molar-refractivity contribution is -0.0150. The number of rotatable bonds is 22. The normalized spacial score (nSPS) is 13.4. The van der Waals surface area contributed by atoms with Gasteiger partial charge in [0.1, 0.15) is 45.6 Å². The van der Waals surface area contributed by atoms with Gasteiger partial charge in [0.25, 0.3) is 11.9 Å². The molecule has 4 aromatic rings. The lowest BCUT2D eigenvalue weighted by atomic mass is 10.0. The second-order valence-electron chi connectivity index (χ2n) is 21.2. The molecule has 0 aliphatic heterocycles. The summed E-state index contributed by atoms with van der Waals surface area (Å²) in [5.41, 5.74) is 12.3. The van der Waals surface area contributed by atoms with E-state index in [0.717, 1.165) is 0 Å². The molecule has 0 unspecified atom stereocenters. The zero-order valence-corrected chi connectivity index (χ0v) is 49.2. The number of hydrogen-bond donors (Lipinski definition) is 2. The second-order valence-corrected chi connectivity index (χ2v) is 23.3. The molecule has 0 radical (unpaired) electrons. The number of para-hydroxylation sites is 2. The van der Waals surface area contributed by atoms with Gasteiger partial charge in [-0.2, -0.15) is 10.1 Å². The average Bonchev–Trinajstić information content (AvgIpc) is 3.35. The van der Waals surface area contributed by atoms with Crippen molar-refractivity contribution in [2.24, 2.45) is 21.8 Å². The van der Waals surface area contributed by atoms with Crippen molar-refractivity contribution < 1.29 is 65.7 Å².